The molecule has 2 aromatic heterocycles. The van der Waals surface area contributed by atoms with E-state index in [2.05, 4.69) is 17.1 Å². The molecule has 2 bridgehead atoms. The minimum absolute atomic E-state index is 0.0291. The van der Waals surface area contributed by atoms with Crippen molar-refractivity contribution in [1.82, 2.24) is 10.1 Å². The van der Waals surface area contributed by atoms with Gasteiger partial charge >= 0.3 is 5.97 Å². The van der Waals surface area contributed by atoms with Gasteiger partial charge in [0.2, 0.25) is 0 Å². The second kappa shape index (κ2) is 7.12. The predicted octanol–water partition coefficient (Wildman–Crippen LogP) is 5.17. The summed E-state index contributed by atoms with van der Waals surface area (Å²) in [6.07, 6.45) is 8.45. The third-order valence-corrected chi connectivity index (χ3v) is 8.94. The van der Waals surface area contributed by atoms with Gasteiger partial charge in [-0.1, -0.05) is 5.16 Å². The van der Waals surface area contributed by atoms with E-state index in [0.717, 1.165) is 60.4 Å². The van der Waals surface area contributed by atoms with E-state index in [1.165, 1.54) is 17.7 Å². The first-order valence-corrected chi connectivity index (χ1v) is 12.3. The topological polar surface area (TPSA) is 93.3 Å². The third-order valence-electron chi connectivity index (χ3n) is 7.49. The first kappa shape index (κ1) is 19.4. The lowest BCUT2D eigenvalue weighted by Gasteiger charge is -2.38. The zero-order valence-electron chi connectivity index (χ0n) is 17.6. The van der Waals surface area contributed by atoms with Crippen LogP contribution in [0.4, 0.5) is 0 Å². The molecule has 0 aliphatic heterocycles. The zero-order valence-corrected chi connectivity index (χ0v) is 18.5. The van der Waals surface area contributed by atoms with Crippen molar-refractivity contribution >= 4 is 23.1 Å². The first-order chi connectivity index (χ1) is 15.0. The Balaban J connectivity index is 1.39. The standard InChI is InChI=1S/C24H26N2O4S/c1-11-18(23-25-22(26-30-23)15-8-9-15)17(31-21(11)14-6-7-14)10-16(27)19-12-2-4-13(5-3-12)20(19)24(28)29/h12-15H,2-10H2,1H3,(H,28,29). The summed E-state index contributed by atoms with van der Waals surface area (Å²) in [7, 11) is 0. The van der Waals surface area contributed by atoms with E-state index in [1.807, 2.05) is 0 Å². The Morgan fingerprint density at radius 3 is 2.19 bits per heavy atom. The maximum absolute atomic E-state index is 13.5. The van der Waals surface area contributed by atoms with Crippen molar-refractivity contribution in [3.05, 3.63) is 32.3 Å². The molecule has 5 aliphatic rings. The highest BCUT2D eigenvalue weighted by atomic mass is 32.1. The van der Waals surface area contributed by atoms with Crippen LogP contribution in [0.2, 0.25) is 0 Å². The molecule has 162 valence electrons. The Morgan fingerprint density at radius 1 is 0.968 bits per heavy atom. The van der Waals surface area contributed by atoms with Crippen molar-refractivity contribution in [2.24, 2.45) is 11.8 Å². The van der Waals surface area contributed by atoms with E-state index in [1.54, 1.807) is 11.3 Å². The van der Waals surface area contributed by atoms with Gasteiger partial charge in [0.05, 0.1) is 5.56 Å². The van der Waals surface area contributed by atoms with Crippen molar-refractivity contribution in [1.29, 1.82) is 0 Å². The summed E-state index contributed by atoms with van der Waals surface area (Å²) >= 11 is 1.69. The minimum Gasteiger partial charge on any atom is -0.478 e. The highest BCUT2D eigenvalue weighted by molar-refractivity contribution is 7.13. The molecule has 31 heavy (non-hydrogen) atoms. The lowest BCUT2D eigenvalue weighted by molar-refractivity contribution is -0.134. The monoisotopic (exact) mass is 438 g/mol. The number of allylic oxidation sites excluding steroid dienone is 1. The molecule has 3 saturated carbocycles. The molecule has 7 rings (SSSR count). The lowest BCUT2D eigenvalue weighted by Crippen LogP contribution is -2.34. The average Bonchev–Trinajstić information content (AvgIpc) is 3.70. The molecule has 0 unspecified atom stereocenters. The summed E-state index contributed by atoms with van der Waals surface area (Å²) in [6.45, 7) is 2.10. The fraction of sp³-hybridized carbons (Fsp3) is 0.583. The molecule has 0 aromatic carbocycles. The fourth-order valence-electron chi connectivity index (χ4n) is 5.59. The number of aromatic nitrogens is 2. The number of ketones is 1. The van der Waals surface area contributed by atoms with Gasteiger partial charge in [0, 0.05) is 33.2 Å². The van der Waals surface area contributed by atoms with E-state index in [0.29, 0.717) is 28.9 Å². The normalized spacial score (nSPS) is 25.3. The second-order valence-electron chi connectivity index (χ2n) is 9.68. The van der Waals surface area contributed by atoms with Gasteiger partial charge < -0.3 is 9.63 Å². The number of hydrogen-bond donors (Lipinski definition) is 1. The Morgan fingerprint density at radius 2 is 1.58 bits per heavy atom. The Bertz CT molecular complexity index is 1110. The molecule has 7 heteroatoms. The van der Waals surface area contributed by atoms with Gasteiger partial charge in [-0.2, -0.15) is 4.98 Å². The number of carboxylic acid groups (broad SMARTS) is 1. The maximum atomic E-state index is 13.5. The van der Waals surface area contributed by atoms with Gasteiger partial charge in [-0.05, 0) is 81.6 Å². The van der Waals surface area contributed by atoms with Crippen LogP contribution in [0.1, 0.15) is 84.3 Å². The van der Waals surface area contributed by atoms with Gasteiger partial charge in [0.25, 0.3) is 5.89 Å². The number of carbonyl (C=O) groups excluding carboxylic acids is 1. The summed E-state index contributed by atoms with van der Waals surface area (Å²) in [6, 6.07) is 0. The Hall–Kier alpha value is -2.28. The van der Waals surface area contributed by atoms with Crippen LogP contribution in [-0.2, 0) is 16.0 Å². The minimum atomic E-state index is -0.912. The number of Topliss-reactive ketones (excluding diaryl/α,β-unsaturated/α-hetero) is 1. The van der Waals surface area contributed by atoms with Crippen LogP contribution in [0.5, 0.6) is 0 Å². The summed E-state index contributed by atoms with van der Waals surface area (Å²) in [5, 5.41) is 14.0. The van der Waals surface area contributed by atoms with Crippen molar-refractivity contribution in [2.45, 2.75) is 76.5 Å². The summed E-state index contributed by atoms with van der Waals surface area (Å²) < 4.78 is 5.65. The molecule has 0 saturated heterocycles. The smallest absolute Gasteiger partial charge is 0.332 e. The first-order valence-electron chi connectivity index (χ1n) is 11.5. The van der Waals surface area contributed by atoms with Crippen LogP contribution >= 0.6 is 11.3 Å². The number of carbonyl (C=O) groups is 2. The molecule has 6 nitrogen and oxygen atoms in total. The second-order valence-corrected chi connectivity index (χ2v) is 10.8. The Labute approximate surface area is 184 Å². The predicted molar refractivity (Wildman–Crippen MR) is 115 cm³/mol. The number of thiophene rings is 1. The van der Waals surface area contributed by atoms with Crippen molar-refractivity contribution in [3.8, 4) is 11.5 Å². The molecule has 0 radical (unpaired) electrons. The van der Waals surface area contributed by atoms with E-state index >= 15 is 0 Å². The van der Waals surface area contributed by atoms with E-state index < -0.39 is 5.97 Å². The van der Waals surface area contributed by atoms with Crippen molar-refractivity contribution in [3.63, 3.8) is 0 Å². The fourth-order valence-corrected chi connectivity index (χ4v) is 7.06. The number of rotatable bonds is 7. The summed E-state index contributed by atoms with van der Waals surface area (Å²) in [5.74, 6) is 1.45. The zero-order chi connectivity index (χ0) is 21.3. The lowest BCUT2D eigenvalue weighted by atomic mass is 9.65. The number of carboxylic acids is 1. The highest BCUT2D eigenvalue weighted by Crippen LogP contribution is 2.50. The maximum Gasteiger partial charge on any atom is 0.332 e. The molecular weight excluding hydrogens is 412 g/mol. The van der Waals surface area contributed by atoms with Gasteiger partial charge in [0.15, 0.2) is 11.6 Å². The van der Waals surface area contributed by atoms with Crippen LogP contribution in [0.15, 0.2) is 15.7 Å². The van der Waals surface area contributed by atoms with Gasteiger partial charge in [0.1, 0.15) is 0 Å². The molecule has 5 aliphatic carbocycles. The molecule has 2 aromatic rings. The average molecular weight is 439 g/mol. The largest absolute Gasteiger partial charge is 0.478 e. The molecule has 3 fully saturated rings. The van der Waals surface area contributed by atoms with E-state index in [9.17, 15) is 14.7 Å². The number of aliphatic carboxylic acids is 1. The van der Waals surface area contributed by atoms with Crippen LogP contribution < -0.4 is 0 Å². The van der Waals surface area contributed by atoms with Crippen molar-refractivity contribution < 1.29 is 19.2 Å². The molecule has 0 amide bonds. The molecule has 1 N–H and O–H groups in total. The van der Waals surface area contributed by atoms with Crippen molar-refractivity contribution in [2.75, 3.05) is 0 Å². The SMILES string of the molecule is Cc1c(C2CC2)sc(CC(=O)C2=C(C(=O)O)C3CCC2CC3)c1-c1nc(C2CC2)no1. The van der Waals surface area contributed by atoms with Crippen LogP contribution in [-0.4, -0.2) is 27.0 Å². The van der Waals surface area contributed by atoms with Gasteiger partial charge in [-0.25, -0.2) is 4.79 Å². The number of nitrogens with zero attached hydrogens (tertiary/aromatic N) is 2. The summed E-state index contributed by atoms with van der Waals surface area (Å²) in [5.41, 5.74) is 3.04. The summed E-state index contributed by atoms with van der Waals surface area (Å²) in [4.78, 5) is 32.4. The number of hydrogen-bond acceptors (Lipinski definition) is 6. The quantitative estimate of drug-likeness (QED) is 0.641. The van der Waals surface area contributed by atoms with Gasteiger partial charge in [-0.3, -0.25) is 4.79 Å². The molecular formula is C24H26N2O4S. The van der Waals surface area contributed by atoms with E-state index in [4.69, 9.17) is 4.52 Å². The van der Waals surface area contributed by atoms with Crippen LogP contribution in [0.3, 0.4) is 0 Å². The third kappa shape index (κ3) is 3.28. The molecule has 0 atom stereocenters. The highest BCUT2D eigenvalue weighted by Gasteiger charge is 2.41. The molecule has 2 heterocycles. The number of fused-ring (bicyclic) bond motifs is 2. The van der Waals surface area contributed by atoms with Gasteiger partial charge in [-0.15, -0.1) is 11.3 Å². The Kier molecular flexibility index (Phi) is 4.46. The molecule has 0 spiro atoms. The van der Waals surface area contributed by atoms with Crippen LogP contribution in [0.25, 0.3) is 11.5 Å². The van der Waals surface area contributed by atoms with E-state index in [-0.39, 0.29) is 24.0 Å². The van der Waals surface area contributed by atoms with Crippen LogP contribution in [0, 0.1) is 18.8 Å².